The van der Waals surface area contributed by atoms with E-state index in [1.807, 2.05) is 0 Å². The molecule has 2 aliphatic rings. The van der Waals surface area contributed by atoms with Crippen LogP contribution in [0, 0.1) is 0 Å². The Hall–Kier alpha value is -0.120. The van der Waals surface area contributed by atoms with Crippen LogP contribution in [0.4, 0.5) is 0 Å². The third kappa shape index (κ3) is 2.52. The van der Waals surface area contributed by atoms with Crippen molar-refractivity contribution in [3.8, 4) is 0 Å². The number of piperidine rings is 1. The van der Waals surface area contributed by atoms with Crippen LogP contribution in [0.1, 0.15) is 33.1 Å². The van der Waals surface area contributed by atoms with Gasteiger partial charge in [0.25, 0.3) is 0 Å². The van der Waals surface area contributed by atoms with Gasteiger partial charge in [0.1, 0.15) is 0 Å². The van der Waals surface area contributed by atoms with Gasteiger partial charge < -0.3 is 5.32 Å². The maximum atomic E-state index is 3.65. The molecule has 2 heterocycles. The van der Waals surface area contributed by atoms with E-state index in [4.69, 9.17) is 0 Å². The fourth-order valence-electron chi connectivity index (χ4n) is 2.69. The van der Waals surface area contributed by atoms with Gasteiger partial charge in [-0.15, -0.1) is 0 Å². The van der Waals surface area contributed by atoms with Gasteiger partial charge in [-0.2, -0.15) is 0 Å². The molecule has 0 aliphatic carbocycles. The summed E-state index contributed by atoms with van der Waals surface area (Å²) >= 11 is 0. The summed E-state index contributed by atoms with van der Waals surface area (Å²) in [6.07, 6.45) is 4.73. The van der Waals surface area contributed by atoms with Crippen molar-refractivity contribution in [2.45, 2.75) is 44.8 Å². The van der Waals surface area contributed by atoms with E-state index in [-0.39, 0.29) is 0 Å². The molecule has 2 saturated heterocycles. The van der Waals surface area contributed by atoms with Crippen LogP contribution >= 0.6 is 0 Å². The zero-order valence-electron chi connectivity index (χ0n) is 10.4. The summed E-state index contributed by atoms with van der Waals surface area (Å²) in [4.78, 5) is 5.12. The Labute approximate surface area is 93.8 Å². The summed E-state index contributed by atoms with van der Waals surface area (Å²) in [5.41, 5.74) is 0.331. The summed E-state index contributed by atoms with van der Waals surface area (Å²) in [5, 5.41) is 3.65. The van der Waals surface area contributed by atoms with E-state index in [0.29, 0.717) is 11.7 Å². The summed E-state index contributed by atoms with van der Waals surface area (Å²) in [7, 11) is 2.24. The minimum atomic E-state index is 0.331. The molecule has 2 aliphatic heterocycles. The molecule has 0 aromatic heterocycles. The number of nitrogens with one attached hydrogen (secondary N) is 1. The first-order valence-corrected chi connectivity index (χ1v) is 6.28. The molecule has 0 aromatic carbocycles. The van der Waals surface area contributed by atoms with Crippen molar-refractivity contribution in [3.63, 3.8) is 0 Å². The van der Waals surface area contributed by atoms with Crippen molar-refractivity contribution < 1.29 is 0 Å². The molecule has 15 heavy (non-hydrogen) atoms. The van der Waals surface area contributed by atoms with E-state index in [2.05, 4.69) is 36.0 Å². The van der Waals surface area contributed by atoms with E-state index in [9.17, 15) is 0 Å². The van der Waals surface area contributed by atoms with Crippen LogP contribution in [0.25, 0.3) is 0 Å². The molecule has 0 saturated carbocycles. The van der Waals surface area contributed by atoms with E-state index in [1.54, 1.807) is 0 Å². The van der Waals surface area contributed by atoms with Crippen LogP contribution in [0.3, 0.4) is 0 Å². The third-order valence-corrected chi connectivity index (χ3v) is 4.07. The Balaban J connectivity index is 1.93. The standard InChI is InChI=1S/C12H25N3/c1-12(2)10-15(9-8-14(12)3)11-6-4-5-7-13-11/h11,13H,4-10H2,1-3H3. The van der Waals surface area contributed by atoms with Crippen molar-refractivity contribution in [1.82, 2.24) is 15.1 Å². The normalized spacial score (nSPS) is 34.2. The maximum absolute atomic E-state index is 3.65. The van der Waals surface area contributed by atoms with Gasteiger partial charge in [0, 0.05) is 25.2 Å². The SMILES string of the molecule is CN1CCN(C2CCCCN2)CC1(C)C. The van der Waals surface area contributed by atoms with Gasteiger partial charge in [-0.1, -0.05) is 0 Å². The van der Waals surface area contributed by atoms with Gasteiger partial charge in [0.2, 0.25) is 0 Å². The van der Waals surface area contributed by atoms with Crippen molar-refractivity contribution in [3.05, 3.63) is 0 Å². The van der Waals surface area contributed by atoms with Gasteiger partial charge in [-0.05, 0) is 46.7 Å². The monoisotopic (exact) mass is 211 g/mol. The van der Waals surface area contributed by atoms with Crippen LogP contribution < -0.4 is 5.32 Å². The van der Waals surface area contributed by atoms with Crippen LogP contribution in [-0.4, -0.2) is 54.7 Å². The lowest BCUT2D eigenvalue weighted by molar-refractivity contribution is 0.00148. The van der Waals surface area contributed by atoms with Gasteiger partial charge in [0.05, 0.1) is 6.17 Å². The fourth-order valence-corrected chi connectivity index (χ4v) is 2.69. The quantitative estimate of drug-likeness (QED) is 0.701. The molecule has 0 aromatic rings. The van der Waals surface area contributed by atoms with E-state index in [1.165, 1.54) is 45.4 Å². The molecule has 0 radical (unpaired) electrons. The average molecular weight is 211 g/mol. The first kappa shape index (κ1) is 11.4. The second kappa shape index (κ2) is 4.40. The molecule has 3 nitrogen and oxygen atoms in total. The zero-order valence-corrected chi connectivity index (χ0v) is 10.4. The fraction of sp³-hybridized carbons (Fsp3) is 1.00. The van der Waals surface area contributed by atoms with Crippen LogP contribution in [0.15, 0.2) is 0 Å². The highest BCUT2D eigenvalue weighted by Crippen LogP contribution is 2.22. The Kier molecular flexibility index (Phi) is 3.33. The highest BCUT2D eigenvalue weighted by atomic mass is 15.4. The predicted octanol–water partition coefficient (Wildman–Crippen LogP) is 1.11. The molecule has 1 atom stereocenters. The highest BCUT2D eigenvalue weighted by Gasteiger charge is 2.34. The molecule has 3 heteroatoms. The minimum absolute atomic E-state index is 0.331. The van der Waals surface area contributed by atoms with Crippen molar-refractivity contribution in [2.75, 3.05) is 33.2 Å². The first-order valence-electron chi connectivity index (χ1n) is 6.28. The number of rotatable bonds is 1. The lowest BCUT2D eigenvalue weighted by Gasteiger charge is -2.48. The predicted molar refractivity (Wildman–Crippen MR) is 63.9 cm³/mol. The van der Waals surface area contributed by atoms with E-state index < -0.39 is 0 Å². The average Bonchev–Trinajstić information content (AvgIpc) is 2.23. The van der Waals surface area contributed by atoms with E-state index in [0.717, 1.165) is 0 Å². The van der Waals surface area contributed by atoms with Crippen molar-refractivity contribution in [1.29, 1.82) is 0 Å². The summed E-state index contributed by atoms with van der Waals surface area (Å²) in [6, 6.07) is 0. The summed E-state index contributed by atoms with van der Waals surface area (Å²) < 4.78 is 0. The molecule has 2 rings (SSSR count). The second-order valence-electron chi connectivity index (χ2n) is 5.67. The van der Waals surface area contributed by atoms with Gasteiger partial charge in [-0.25, -0.2) is 0 Å². The zero-order chi connectivity index (χ0) is 10.9. The van der Waals surface area contributed by atoms with Crippen molar-refractivity contribution >= 4 is 0 Å². The van der Waals surface area contributed by atoms with Gasteiger partial charge in [-0.3, -0.25) is 9.80 Å². The molecular weight excluding hydrogens is 186 g/mol. The van der Waals surface area contributed by atoms with Gasteiger partial charge in [0.15, 0.2) is 0 Å². The second-order valence-corrected chi connectivity index (χ2v) is 5.67. The number of likely N-dealkylation sites (N-methyl/N-ethyl adjacent to an activating group) is 1. The highest BCUT2D eigenvalue weighted by molar-refractivity contribution is 4.90. The lowest BCUT2D eigenvalue weighted by atomic mass is 9.98. The van der Waals surface area contributed by atoms with Crippen LogP contribution in [0.2, 0.25) is 0 Å². The molecular formula is C12H25N3. The van der Waals surface area contributed by atoms with Crippen molar-refractivity contribution in [2.24, 2.45) is 0 Å². The van der Waals surface area contributed by atoms with Gasteiger partial charge >= 0.3 is 0 Å². The largest absolute Gasteiger partial charge is 0.302 e. The molecule has 88 valence electrons. The summed E-state index contributed by atoms with van der Waals surface area (Å²) in [6.45, 7) is 9.52. The molecule has 1 unspecified atom stereocenters. The topological polar surface area (TPSA) is 18.5 Å². The van der Waals surface area contributed by atoms with Crippen LogP contribution in [-0.2, 0) is 0 Å². The molecule has 0 spiro atoms. The van der Waals surface area contributed by atoms with E-state index >= 15 is 0 Å². The lowest BCUT2D eigenvalue weighted by Crippen LogP contribution is -2.62. The number of nitrogens with zero attached hydrogens (tertiary/aromatic N) is 2. The minimum Gasteiger partial charge on any atom is -0.302 e. The number of hydrogen-bond donors (Lipinski definition) is 1. The smallest absolute Gasteiger partial charge is 0.0598 e. The molecule has 0 bridgehead atoms. The number of hydrogen-bond acceptors (Lipinski definition) is 3. The maximum Gasteiger partial charge on any atom is 0.0598 e. The number of piperazine rings is 1. The third-order valence-electron chi connectivity index (χ3n) is 4.07. The molecule has 0 amide bonds. The Bertz CT molecular complexity index is 209. The first-order chi connectivity index (χ1) is 7.09. The Morgan fingerprint density at radius 2 is 2.00 bits per heavy atom. The molecule has 1 N–H and O–H groups in total. The summed E-state index contributed by atoms with van der Waals surface area (Å²) in [5.74, 6) is 0. The Morgan fingerprint density at radius 3 is 2.60 bits per heavy atom. The molecule has 2 fully saturated rings. The Morgan fingerprint density at radius 1 is 1.20 bits per heavy atom. The van der Waals surface area contributed by atoms with Crippen LogP contribution in [0.5, 0.6) is 0 Å².